The van der Waals surface area contributed by atoms with Gasteiger partial charge in [0, 0.05) is 5.56 Å². The third-order valence-electron chi connectivity index (χ3n) is 2.91. The van der Waals surface area contributed by atoms with Crippen molar-refractivity contribution in [2.45, 2.75) is 0 Å². The van der Waals surface area contributed by atoms with E-state index in [-0.39, 0.29) is 11.4 Å². The van der Waals surface area contributed by atoms with Crippen LogP contribution in [0.25, 0.3) is 0 Å². The van der Waals surface area contributed by atoms with Crippen LogP contribution >= 0.6 is 0 Å². The normalized spacial score (nSPS) is 11.0. The highest BCUT2D eigenvalue weighted by atomic mass is 19.1. The quantitative estimate of drug-likeness (QED) is 0.307. The van der Waals surface area contributed by atoms with Gasteiger partial charge in [-0.3, -0.25) is 0 Å². The largest absolute Gasteiger partial charge is 0.465 e. The summed E-state index contributed by atoms with van der Waals surface area (Å²) in [6.45, 7) is 0. The zero-order valence-electron chi connectivity index (χ0n) is 12.2. The Kier molecular flexibility index (Phi) is 5.03. The molecule has 0 amide bonds. The minimum absolute atomic E-state index is 0.0652. The Morgan fingerprint density at radius 2 is 1.39 bits per heavy atom. The summed E-state index contributed by atoms with van der Waals surface area (Å²) < 4.78 is 17.4. The Morgan fingerprint density at radius 3 is 1.91 bits per heavy atom. The molecule has 6 nitrogen and oxygen atoms in total. The van der Waals surface area contributed by atoms with Crippen LogP contribution in [0.3, 0.4) is 0 Å². The minimum atomic E-state index is -0.744. The van der Waals surface area contributed by atoms with Gasteiger partial charge in [0.05, 0.1) is 18.2 Å². The van der Waals surface area contributed by atoms with Crippen molar-refractivity contribution in [2.75, 3.05) is 7.11 Å². The molecule has 0 heterocycles. The number of esters is 1. The number of nitrogens with two attached hydrogens (primary N) is 1. The van der Waals surface area contributed by atoms with Gasteiger partial charge in [-0.2, -0.15) is 0 Å². The highest BCUT2D eigenvalue weighted by Crippen LogP contribution is 2.08. The molecule has 0 saturated heterocycles. The van der Waals surface area contributed by atoms with Gasteiger partial charge < -0.3 is 15.3 Å². The van der Waals surface area contributed by atoms with Crippen LogP contribution in [0.5, 0.6) is 0 Å². The molecule has 7 heteroatoms. The Morgan fingerprint density at radius 1 is 0.913 bits per heavy atom. The van der Waals surface area contributed by atoms with Gasteiger partial charge in [0.25, 0.3) is 0 Å². The number of halogens is 1. The van der Waals surface area contributed by atoms with Gasteiger partial charge in [0.15, 0.2) is 5.84 Å². The third-order valence-corrected chi connectivity index (χ3v) is 2.91. The van der Waals surface area contributed by atoms with Crippen LogP contribution in [0, 0.1) is 5.82 Å². The fraction of sp³-hybridized carbons (Fsp3) is 0.0625. The number of oxime groups is 1. The van der Waals surface area contributed by atoms with Crippen molar-refractivity contribution in [1.29, 1.82) is 0 Å². The lowest BCUT2D eigenvalue weighted by atomic mass is 10.1. The standard InChI is InChI=1S/C16H13FN2O4/c1-22-15(20)11-2-4-12(5-3-11)16(21)23-19-14(18)10-6-8-13(17)9-7-10/h2-9H,1H3,(H2,18,19). The van der Waals surface area contributed by atoms with Gasteiger partial charge in [0.2, 0.25) is 0 Å². The monoisotopic (exact) mass is 316 g/mol. The number of benzene rings is 2. The van der Waals surface area contributed by atoms with Gasteiger partial charge in [0.1, 0.15) is 5.82 Å². The number of hydrogen-bond acceptors (Lipinski definition) is 5. The zero-order valence-corrected chi connectivity index (χ0v) is 12.2. The van der Waals surface area contributed by atoms with E-state index in [1.165, 1.54) is 55.6 Å². The summed E-state index contributed by atoms with van der Waals surface area (Å²) in [7, 11) is 1.26. The fourth-order valence-corrected chi connectivity index (χ4v) is 1.68. The molecule has 23 heavy (non-hydrogen) atoms. The Bertz CT molecular complexity index is 740. The van der Waals surface area contributed by atoms with E-state index in [2.05, 4.69) is 9.89 Å². The van der Waals surface area contributed by atoms with Crippen LogP contribution in [-0.2, 0) is 9.57 Å². The summed E-state index contributed by atoms with van der Waals surface area (Å²) in [5, 5.41) is 3.50. The topological polar surface area (TPSA) is 91.0 Å². The van der Waals surface area contributed by atoms with Crippen molar-refractivity contribution < 1.29 is 23.6 Å². The molecule has 0 bridgehead atoms. The van der Waals surface area contributed by atoms with Crippen molar-refractivity contribution in [1.82, 2.24) is 0 Å². The van der Waals surface area contributed by atoms with E-state index in [1.54, 1.807) is 0 Å². The summed E-state index contributed by atoms with van der Waals surface area (Å²) in [4.78, 5) is 27.8. The van der Waals surface area contributed by atoms with E-state index >= 15 is 0 Å². The molecule has 2 N–H and O–H groups in total. The second-order valence-electron chi connectivity index (χ2n) is 4.43. The first kappa shape index (κ1) is 16.2. The number of ether oxygens (including phenoxy) is 1. The first-order valence-corrected chi connectivity index (χ1v) is 6.50. The molecule has 0 aliphatic rings. The lowest BCUT2D eigenvalue weighted by Crippen LogP contribution is -2.15. The lowest BCUT2D eigenvalue weighted by Gasteiger charge is -2.02. The van der Waals surface area contributed by atoms with Crippen molar-refractivity contribution in [3.8, 4) is 0 Å². The average molecular weight is 316 g/mol. The van der Waals surface area contributed by atoms with Crippen LogP contribution < -0.4 is 5.73 Å². The molecule has 0 spiro atoms. The Labute approximate surface area is 131 Å². The first-order valence-electron chi connectivity index (χ1n) is 6.50. The van der Waals surface area contributed by atoms with Crippen molar-refractivity contribution in [3.63, 3.8) is 0 Å². The molecule has 2 aromatic rings. The predicted octanol–water partition coefficient (Wildman–Crippen LogP) is 2.09. The summed E-state index contributed by atoms with van der Waals surface area (Å²) in [5.41, 5.74) is 6.55. The number of methoxy groups -OCH3 is 1. The van der Waals surface area contributed by atoms with Gasteiger partial charge in [-0.1, -0.05) is 5.16 Å². The second-order valence-corrected chi connectivity index (χ2v) is 4.43. The van der Waals surface area contributed by atoms with Crippen LogP contribution in [0.2, 0.25) is 0 Å². The van der Waals surface area contributed by atoms with Crippen molar-refractivity contribution in [3.05, 3.63) is 71.0 Å². The first-order chi connectivity index (χ1) is 11.0. The number of nitrogens with zero attached hydrogens (tertiary/aromatic N) is 1. The summed E-state index contributed by atoms with van der Waals surface area (Å²) in [5.74, 6) is -1.73. The van der Waals surface area contributed by atoms with Crippen LogP contribution in [0.15, 0.2) is 53.7 Å². The average Bonchev–Trinajstić information content (AvgIpc) is 2.59. The molecule has 0 aromatic heterocycles. The van der Waals surface area contributed by atoms with Crippen molar-refractivity contribution >= 4 is 17.8 Å². The Hall–Kier alpha value is -3.22. The van der Waals surface area contributed by atoms with Crippen LogP contribution in [0.1, 0.15) is 26.3 Å². The number of hydrogen-bond donors (Lipinski definition) is 1. The number of carbonyl (C=O) groups is 2. The fourth-order valence-electron chi connectivity index (χ4n) is 1.68. The summed E-state index contributed by atoms with van der Waals surface area (Å²) >= 11 is 0. The molecule has 0 atom stereocenters. The molecule has 2 rings (SSSR count). The number of carbonyl (C=O) groups excluding carboxylic acids is 2. The molecule has 0 aliphatic heterocycles. The second kappa shape index (κ2) is 7.17. The van der Waals surface area contributed by atoms with Crippen LogP contribution in [-0.4, -0.2) is 24.9 Å². The van der Waals surface area contributed by atoms with E-state index < -0.39 is 17.8 Å². The minimum Gasteiger partial charge on any atom is -0.465 e. The van der Waals surface area contributed by atoms with E-state index in [4.69, 9.17) is 10.6 Å². The van der Waals surface area contributed by atoms with E-state index in [0.717, 1.165) is 0 Å². The molecule has 0 aliphatic carbocycles. The molecule has 0 saturated carbocycles. The number of rotatable bonds is 4. The molecule has 118 valence electrons. The lowest BCUT2D eigenvalue weighted by molar-refractivity contribution is 0.0514. The van der Waals surface area contributed by atoms with E-state index in [9.17, 15) is 14.0 Å². The van der Waals surface area contributed by atoms with Gasteiger partial charge in [-0.15, -0.1) is 0 Å². The maximum atomic E-state index is 12.8. The highest BCUT2D eigenvalue weighted by molar-refractivity contribution is 5.98. The van der Waals surface area contributed by atoms with E-state index in [1.807, 2.05) is 0 Å². The molecular weight excluding hydrogens is 303 g/mol. The van der Waals surface area contributed by atoms with Crippen LogP contribution in [0.4, 0.5) is 4.39 Å². The van der Waals surface area contributed by atoms with Gasteiger partial charge in [-0.25, -0.2) is 14.0 Å². The molecule has 0 radical (unpaired) electrons. The summed E-state index contributed by atoms with van der Waals surface area (Å²) in [6.07, 6.45) is 0. The predicted molar refractivity (Wildman–Crippen MR) is 80.3 cm³/mol. The Balaban J connectivity index is 2.05. The van der Waals surface area contributed by atoms with Gasteiger partial charge in [-0.05, 0) is 48.5 Å². The zero-order chi connectivity index (χ0) is 16.8. The highest BCUT2D eigenvalue weighted by Gasteiger charge is 2.10. The van der Waals surface area contributed by atoms with Gasteiger partial charge >= 0.3 is 11.9 Å². The number of amidine groups is 1. The summed E-state index contributed by atoms with van der Waals surface area (Å²) in [6, 6.07) is 10.9. The maximum absolute atomic E-state index is 12.8. The SMILES string of the molecule is COC(=O)c1ccc(C(=O)O/N=C(\N)c2ccc(F)cc2)cc1. The molecule has 0 fully saturated rings. The molecule has 2 aromatic carbocycles. The maximum Gasteiger partial charge on any atom is 0.365 e. The smallest absolute Gasteiger partial charge is 0.365 e. The van der Waals surface area contributed by atoms with E-state index in [0.29, 0.717) is 11.1 Å². The van der Waals surface area contributed by atoms with Crippen molar-refractivity contribution in [2.24, 2.45) is 10.9 Å². The molecule has 0 unspecified atom stereocenters. The molecular formula is C16H13FN2O4. The third kappa shape index (κ3) is 4.13.